The van der Waals surface area contributed by atoms with Gasteiger partial charge >= 0.3 is 12.2 Å². The number of hydrogen-bond acceptors (Lipinski definition) is 2. The lowest BCUT2D eigenvalue weighted by Crippen LogP contribution is -2.87. The number of rotatable bonds is 5. The van der Waals surface area contributed by atoms with Crippen molar-refractivity contribution in [2.24, 2.45) is 0 Å². The van der Waals surface area contributed by atoms with Gasteiger partial charge in [-0.1, -0.05) is 23.7 Å². The quantitative estimate of drug-likeness (QED) is 0.758. The van der Waals surface area contributed by atoms with Crippen LogP contribution in [0.1, 0.15) is 18.5 Å². The Kier molecular flexibility index (Phi) is 6.63. The Hall–Kier alpha value is -1.80. The lowest BCUT2D eigenvalue weighted by molar-refractivity contribution is -0.682. The van der Waals surface area contributed by atoms with Crippen molar-refractivity contribution < 1.29 is 28.1 Å². The average Bonchev–Trinajstić information content (AvgIpc) is 2.42. The van der Waals surface area contributed by atoms with Gasteiger partial charge in [-0.2, -0.15) is 13.2 Å². The van der Waals surface area contributed by atoms with Gasteiger partial charge in [0.05, 0.1) is 0 Å². The van der Waals surface area contributed by atoms with Crippen LogP contribution in [0, 0.1) is 0 Å². The molecule has 3 amide bonds. The first-order chi connectivity index (χ1) is 10.2. The lowest BCUT2D eigenvalue weighted by Gasteiger charge is -2.12. The van der Waals surface area contributed by atoms with Crippen LogP contribution in [0.25, 0.3) is 0 Å². The molecule has 1 aromatic carbocycles. The summed E-state index contributed by atoms with van der Waals surface area (Å²) in [4.78, 5) is 22.5. The Morgan fingerprint density at radius 3 is 2.41 bits per heavy atom. The third-order valence-corrected chi connectivity index (χ3v) is 3.01. The van der Waals surface area contributed by atoms with Gasteiger partial charge in [0.15, 0.2) is 6.54 Å². The summed E-state index contributed by atoms with van der Waals surface area (Å²) < 4.78 is 35.6. The maximum absolute atomic E-state index is 11.9. The monoisotopic (exact) mass is 338 g/mol. The number of halogens is 4. The van der Waals surface area contributed by atoms with Gasteiger partial charge in [0, 0.05) is 10.6 Å². The van der Waals surface area contributed by atoms with Gasteiger partial charge in [-0.05, 0) is 19.1 Å². The van der Waals surface area contributed by atoms with Crippen LogP contribution in [-0.4, -0.2) is 31.2 Å². The summed E-state index contributed by atoms with van der Waals surface area (Å²) in [7, 11) is 0. The van der Waals surface area contributed by atoms with E-state index in [0.717, 1.165) is 5.56 Å². The molecule has 4 N–H and O–H groups in total. The number of benzene rings is 1. The van der Waals surface area contributed by atoms with Gasteiger partial charge in [-0.3, -0.25) is 10.1 Å². The van der Waals surface area contributed by atoms with E-state index in [1.54, 1.807) is 34.9 Å². The number of quaternary nitrogens is 1. The molecule has 1 rings (SSSR count). The van der Waals surface area contributed by atoms with Crippen LogP contribution < -0.4 is 16.0 Å². The van der Waals surface area contributed by atoms with Crippen molar-refractivity contribution in [1.29, 1.82) is 0 Å². The minimum atomic E-state index is -4.52. The molecule has 122 valence electrons. The molecule has 1 aromatic rings. The highest BCUT2D eigenvalue weighted by Gasteiger charge is 2.28. The van der Waals surface area contributed by atoms with Crippen molar-refractivity contribution in [3.63, 3.8) is 0 Å². The summed E-state index contributed by atoms with van der Waals surface area (Å²) in [5.74, 6) is -0.680. The van der Waals surface area contributed by atoms with Gasteiger partial charge in [0.1, 0.15) is 12.6 Å². The molecule has 9 heteroatoms. The molecule has 0 aliphatic carbocycles. The molecule has 0 saturated carbocycles. The number of hydrogen-bond donors (Lipinski definition) is 3. The summed E-state index contributed by atoms with van der Waals surface area (Å²) in [6, 6.07) is 5.79. The molecular formula is C13H16ClF3N3O2+. The van der Waals surface area contributed by atoms with E-state index in [-0.39, 0.29) is 12.6 Å². The van der Waals surface area contributed by atoms with Crippen molar-refractivity contribution in [3.8, 4) is 0 Å². The van der Waals surface area contributed by atoms with Crippen molar-refractivity contribution >= 4 is 23.5 Å². The fourth-order valence-electron chi connectivity index (χ4n) is 1.59. The fourth-order valence-corrected chi connectivity index (χ4v) is 1.71. The van der Waals surface area contributed by atoms with Crippen LogP contribution in [0.5, 0.6) is 0 Å². The van der Waals surface area contributed by atoms with E-state index in [1.807, 2.05) is 12.2 Å². The van der Waals surface area contributed by atoms with E-state index < -0.39 is 24.7 Å². The Balaban J connectivity index is 2.33. The number of carbonyl (C=O) groups excluding carboxylic acids is 2. The zero-order valence-electron chi connectivity index (χ0n) is 11.7. The number of nitrogens with one attached hydrogen (secondary N) is 2. The van der Waals surface area contributed by atoms with Crippen molar-refractivity contribution in [1.82, 2.24) is 10.6 Å². The molecule has 0 heterocycles. The molecule has 0 saturated heterocycles. The van der Waals surface area contributed by atoms with Gasteiger partial charge in [-0.25, -0.2) is 4.79 Å². The van der Waals surface area contributed by atoms with Crippen molar-refractivity contribution in [2.45, 2.75) is 19.1 Å². The SMILES string of the molecule is C[C@@H]([NH2+]CC(=O)NC(=O)NCC(F)(F)F)c1ccc(Cl)cc1. The van der Waals surface area contributed by atoms with E-state index in [0.29, 0.717) is 5.02 Å². The molecule has 5 nitrogen and oxygen atoms in total. The van der Waals surface area contributed by atoms with Gasteiger partial charge < -0.3 is 10.6 Å². The molecular weight excluding hydrogens is 323 g/mol. The Bertz CT molecular complexity index is 520. The fraction of sp³-hybridized carbons (Fsp3) is 0.385. The van der Waals surface area contributed by atoms with Crippen LogP contribution in [0.3, 0.4) is 0 Å². The third-order valence-electron chi connectivity index (χ3n) is 2.75. The molecule has 0 aliphatic heterocycles. The second-order valence-corrected chi connectivity index (χ2v) is 5.06. The van der Waals surface area contributed by atoms with E-state index in [4.69, 9.17) is 11.6 Å². The highest BCUT2D eigenvalue weighted by atomic mass is 35.5. The standard InChI is InChI=1S/C13H15ClF3N3O2/c1-8(9-2-4-10(14)5-3-9)18-6-11(21)20-12(22)19-7-13(15,16)17/h2-5,8,18H,6-7H2,1H3,(H2,19,20,21,22)/p+1/t8-/m1/s1. The smallest absolute Gasteiger partial charge is 0.333 e. The lowest BCUT2D eigenvalue weighted by atomic mass is 10.1. The van der Waals surface area contributed by atoms with Crippen LogP contribution in [-0.2, 0) is 4.79 Å². The first-order valence-electron chi connectivity index (χ1n) is 6.40. The minimum absolute atomic E-state index is 0.0683. The Morgan fingerprint density at radius 2 is 1.86 bits per heavy atom. The minimum Gasteiger partial charge on any atom is -0.333 e. The topological polar surface area (TPSA) is 74.8 Å². The van der Waals surface area contributed by atoms with Crippen LogP contribution >= 0.6 is 11.6 Å². The number of alkyl halides is 3. The average molecular weight is 339 g/mol. The highest BCUT2D eigenvalue weighted by Crippen LogP contribution is 2.13. The molecule has 1 atom stereocenters. The van der Waals surface area contributed by atoms with Crippen LogP contribution in [0.15, 0.2) is 24.3 Å². The predicted molar refractivity (Wildman–Crippen MR) is 74.3 cm³/mol. The van der Waals surface area contributed by atoms with E-state index in [1.165, 1.54) is 0 Å². The van der Waals surface area contributed by atoms with Crippen LogP contribution in [0.2, 0.25) is 5.02 Å². The third kappa shape index (κ3) is 7.28. The first kappa shape index (κ1) is 18.2. The summed E-state index contributed by atoms with van der Waals surface area (Å²) in [5.41, 5.74) is 0.929. The van der Waals surface area contributed by atoms with Crippen molar-refractivity contribution in [3.05, 3.63) is 34.9 Å². The molecule has 0 unspecified atom stereocenters. The summed E-state index contributed by atoms with van der Waals surface area (Å²) in [5, 5.41) is 5.62. The highest BCUT2D eigenvalue weighted by molar-refractivity contribution is 6.30. The summed E-state index contributed by atoms with van der Waals surface area (Å²) in [6.07, 6.45) is -4.52. The molecule has 0 aliphatic rings. The van der Waals surface area contributed by atoms with E-state index in [2.05, 4.69) is 0 Å². The Morgan fingerprint density at radius 1 is 1.27 bits per heavy atom. The molecule has 22 heavy (non-hydrogen) atoms. The van der Waals surface area contributed by atoms with E-state index >= 15 is 0 Å². The summed E-state index contributed by atoms with van der Waals surface area (Å²) in [6.45, 7) is 0.264. The van der Waals surface area contributed by atoms with Gasteiger partial charge in [0.2, 0.25) is 0 Å². The van der Waals surface area contributed by atoms with Crippen molar-refractivity contribution in [2.75, 3.05) is 13.1 Å². The first-order valence-corrected chi connectivity index (χ1v) is 6.78. The maximum atomic E-state index is 11.9. The maximum Gasteiger partial charge on any atom is 0.405 e. The second kappa shape index (κ2) is 8.00. The zero-order chi connectivity index (χ0) is 16.8. The number of urea groups is 1. The number of carbonyl (C=O) groups is 2. The molecule has 0 spiro atoms. The zero-order valence-corrected chi connectivity index (χ0v) is 12.5. The Labute approximate surface area is 130 Å². The van der Waals surface area contributed by atoms with Gasteiger partial charge in [-0.15, -0.1) is 0 Å². The number of nitrogens with two attached hydrogens (primary N) is 1. The largest absolute Gasteiger partial charge is 0.405 e. The number of amides is 3. The summed E-state index contributed by atoms with van der Waals surface area (Å²) >= 11 is 5.76. The number of imide groups is 1. The second-order valence-electron chi connectivity index (χ2n) is 4.63. The molecule has 0 radical (unpaired) electrons. The molecule has 0 bridgehead atoms. The van der Waals surface area contributed by atoms with Gasteiger partial charge in [0.25, 0.3) is 5.91 Å². The normalized spacial score (nSPS) is 12.6. The molecule has 0 fully saturated rings. The van der Waals surface area contributed by atoms with E-state index in [9.17, 15) is 22.8 Å². The predicted octanol–water partition coefficient (Wildman–Crippen LogP) is 1.35. The molecule has 0 aromatic heterocycles. The van der Waals surface area contributed by atoms with Crippen LogP contribution in [0.4, 0.5) is 18.0 Å².